The summed E-state index contributed by atoms with van der Waals surface area (Å²) in [7, 11) is 0. The molecule has 5 nitrogen and oxygen atoms in total. The molecular weight excluding hydrogens is 275 g/mol. The third-order valence-corrected chi connectivity index (χ3v) is 3.01. The summed E-state index contributed by atoms with van der Waals surface area (Å²) in [5.74, 6) is -2.65. The molecule has 1 heterocycles. The number of alkyl halides is 3. The summed E-state index contributed by atoms with van der Waals surface area (Å²) in [5, 5.41) is 12.5. The first-order valence-electron chi connectivity index (χ1n) is 5.68. The van der Waals surface area contributed by atoms with Crippen LogP contribution < -0.4 is 5.73 Å². The van der Waals surface area contributed by atoms with Crippen LogP contribution in [0, 0.1) is 5.92 Å². The minimum absolute atomic E-state index is 0.145. The Morgan fingerprint density at radius 1 is 1.60 bits per heavy atom. The third-order valence-electron chi connectivity index (χ3n) is 3.01. The normalized spacial score (nSPS) is 25.9. The maximum Gasteiger partial charge on any atom is 0.313 e. The number of halogens is 3. The number of anilines is 1. The van der Waals surface area contributed by atoms with Gasteiger partial charge < -0.3 is 10.8 Å². The van der Waals surface area contributed by atoms with Crippen LogP contribution in [0.3, 0.4) is 0 Å². The summed E-state index contributed by atoms with van der Waals surface area (Å²) < 4.78 is 40.4. The minimum atomic E-state index is -2.84. The third kappa shape index (κ3) is 2.40. The summed E-state index contributed by atoms with van der Waals surface area (Å²) in [6, 6.07) is 0. The molecule has 0 amide bonds. The van der Waals surface area contributed by atoms with E-state index in [1.807, 2.05) is 0 Å². The molecule has 0 saturated carbocycles. The highest BCUT2D eigenvalue weighted by Gasteiger charge is 2.38. The van der Waals surface area contributed by atoms with Gasteiger partial charge in [0.15, 0.2) is 5.69 Å². The molecule has 2 unspecified atom stereocenters. The predicted molar refractivity (Wildman–Crippen MR) is 65.6 cm³/mol. The molecule has 2 atom stereocenters. The zero-order valence-corrected chi connectivity index (χ0v) is 10.4. The van der Waals surface area contributed by atoms with Crippen LogP contribution in [0.2, 0.25) is 0 Å². The number of allylic oxidation sites excluding steroid dienone is 3. The summed E-state index contributed by atoms with van der Waals surface area (Å²) in [6.07, 6.45) is 1.77. The van der Waals surface area contributed by atoms with Crippen LogP contribution in [0.4, 0.5) is 18.9 Å². The average molecular weight is 287 g/mol. The summed E-state index contributed by atoms with van der Waals surface area (Å²) >= 11 is 0. The van der Waals surface area contributed by atoms with E-state index in [-0.39, 0.29) is 11.4 Å². The Bertz CT molecular complexity index is 605. The first-order chi connectivity index (χ1) is 9.22. The van der Waals surface area contributed by atoms with Crippen molar-refractivity contribution in [2.75, 3.05) is 5.73 Å². The van der Waals surface area contributed by atoms with E-state index in [9.17, 15) is 18.0 Å². The molecule has 8 heteroatoms. The smallest absolute Gasteiger partial charge is 0.313 e. The highest BCUT2D eigenvalue weighted by Crippen LogP contribution is 2.33. The maximum atomic E-state index is 14.3. The average Bonchev–Trinajstić information content (AvgIpc) is 2.69. The van der Waals surface area contributed by atoms with Gasteiger partial charge in [-0.05, 0) is 19.1 Å². The first kappa shape index (κ1) is 14.2. The number of hydrogen-bond acceptors (Lipinski definition) is 3. The molecule has 108 valence electrons. The van der Waals surface area contributed by atoms with E-state index in [0.717, 1.165) is 30.0 Å². The number of nitrogens with two attached hydrogens (primary N) is 1. The topological polar surface area (TPSA) is 81.1 Å². The van der Waals surface area contributed by atoms with Crippen LogP contribution in [0.15, 0.2) is 24.4 Å². The molecule has 1 aromatic heterocycles. The zero-order valence-electron chi connectivity index (χ0n) is 10.4. The number of hydrogen-bond donors (Lipinski definition) is 2. The molecule has 0 bridgehead atoms. The largest absolute Gasteiger partial charge is 0.481 e. The van der Waals surface area contributed by atoms with E-state index >= 15 is 0 Å². The van der Waals surface area contributed by atoms with Gasteiger partial charge in [0.05, 0.1) is 17.6 Å². The molecule has 20 heavy (non-hydrogen) atoms. The molecule has 0 saturated heterocycles. The van der Waals surface area contributed by atoms with Gasteiger partial charge in [0.1, 0.15) is 11.6 Å². The first-order valence-corrected chi connectivity index (χ1v) is 5.68. The van der Waals surface area contributed by atoms with Gasteiger partial charge in [-0.15, -0.1) is 0 Å². The minimum Gasteiger partial charge on any atom is -0.481 e. The summed E-state index contributed by atoms with van der Waals surface area (Å²) in [6.45, 7) is 1.09. The molecule has 0 aliphatic heterocycles. The van der Waals surface area contributed by atoms with E-state index in [1.165, 1.54) is 6.08 Å². The van der Waals surface area contributed by atoms with E-state index in [2.05, 4.69) is 5.10 Å². The molecule has 0 aromatic carbocycles. The fraction of sp³-hybridized carbons (Fsp3) is 0.333. The number of nitrogens with zero attached hydrogens (tertiary/aromatic N) is 2. The van der Waals surface area contributed by atoms with Crippen LogP contribution in [0.1, 0.15) is 19.0 Å². The number of rotatable bonds is 3. The molecule has 1 aliphatic rings. The highest BCUT2D eigenvalue weighted by atomic mass is 19.3. The van der Waals surface area contributed by atoms with Crippen LogP contribution in [-0.4, -0.2) is 26.5 Å². The fourth-order valence-electron chi connectivity index (χ4n) is 1.98. The van der Waals surface area contributed by atoms with Crippen molar-refractivity contribution in [3.8, 4) is 0 Å². The van der Waals surface area contributed by atoms with E-state index in [0.29, 0.717) is 0 Å². The molecule has 0 fully saturated rings. The number of aromatic nitrogens is 2. The van der Waals surface area contributed by atoms with Gasteiger partial charge in [0, 0.05) is 0 Å². The van der Waals surface area contributed by atoms with Crippen molar-refractivity contribution >= 4 is 17.4 Å². The van der Waals surface area contributed by atoms with Crippen LogP contribution in [0.5, 0.6) is 0 Å². The standard InChI is InChI=1S/C12H12F3N3O2/c1-12(15)4-6(2-3-7(12)11(19)20)18-5-8(16)9(17-18)10(13)14/h2-5,7,10H,16H2,1H3,(H,19,20). The second-order valence-corrected chi connectivity index (χ2v) is 4.61. The van der Waals surface area contributed by atoms with Gasteiger partial charge in [-0.1, -0.05) is 6.08 Å². The lowest BCUT2D eigenvalue weighted by Gasteiger charge is -2.26. The van der Waals surface area contributed by atoms with E-state index in [4.69, 9.17) is 10.8 Å². The molecule has 0 spiro atoms. The van der Waals surface area contributed by atoms with Gasteiger partial charge in [-0.2, -0.15) is 5.10 Å². The van der Waals surface area contributed by atoms with Crippen LogP contribution in [-0.2, 0) is 4.79 Å². The van der Waals surface area contributed by atoms with E-state index in [1.54, 1.807) is 0 Å². The Hall–Kier alpha value is -2.25. The fourth-order valence-corrected chi connectivity index (χ4v) is 1.98. The van der Waals surface area contributed by atoms with Gasteiger partial charge in [0.25, 0.3) is 6.43 Å². The van der Waals surface area contributed by atoms with E-state index < -0.39 is 29.7 Å². The maximum absolute atomic E-state index is 14.3. The Kier molecular flexibility index (Phi) is 3.33. The SMILES string of the molecule is CC1(F)C=C(n2cc(N)c(C(F)F)n2)C=CC1C(=O)O. The molecular formula is C12H12F3N3O2. The Morgan fingerprint density at radius 2 is 2.25 bits per heavy atom. The molecule has 0 radical (unpaired) electrons. The van der Waals surface area contributed by atoms with Crippen LogP contribution in [0.25, 0.3) is 5.70 Å². The van der Waals surface area contributed by atoms with Gasteiger partial charge in [0.2, 0.25) is 0 Å². The monoisotopic (exact) mass is 287 g/mol. The van der Waals surface area contributed by atoms with Crippen molar-refractivity contribution in [2.24, 2.45) is 5.92 Å². The van der Waals surface area contributed by atoms with Crippen molar-refractivity contribution in [1.82, 2.24) is 9.78 Å². The lowest BCUT2D eigenvalue weighted by atomic mass is 9.86. The number of aliphatic carboxylic acids is 1. The van der Waals surface area contributed by atoms with Crippen molar-refractivity contribution in [3.63, 3.8) is 0 Å². The predicted octanol–water partition coefficient (Wildman–Crippen LogP) is 2.24. The number of carboxylic acids is 1. The molecule has 3 N–H and O–H groups in total. The lowest BCUT2D eigenvalue weighted by Crippen LogP contribution is -2.34. The Balaban J connectivity index is 2.38. The van der Waals surface area contributed by atoms with Crippen molar-refractivity contribution in [1.29, 1.82) is 0 Å². The zero-order chi connectivity index (χ0) is 15.1. The van der Waals surface area contributed by atoms with Crippen molar-refractivity contribution in [2.45, 2.75) is 19.0 Å². The number of nitrogen functional groups attached to an aromatic ring is 1. The highest BCUT2D eigenvalue weighted by molar-refractivity contribution is 5.78. The molecule has 1 aromatic rings. The lowest BCUT2D eigenvalue weighted by molar-refractivity contribution is -0.143. The molecule has 2 rings (SSSR count). The quantitative estimate of drug-likeness (QED) is 0.893. The summed E-state index contributed by atoms with van der Waals surface area (Å²) in [4.78, 5) is 10.9. The second-order valence-electron chi connectivity index (χ2n) is 4.61. The number of carboxylic acid groups (broad SMARTS) is 1. The Labute approximate surface area is 112 Å². The van der Waals surface area contributed by atoms with Gasteiger partial charge in [-0.3, -0.25) is 4.79 Å². The van der Waals surface area contributed by atoms with Crippen LogP contribution >= 0.6 is 0 Å². The van der Waals surface area contributed by atoms with Crippen molar-refractivity contribution in [3.05, 3.63) is 30.1 Å². The van der Waals surface area contributed by atoms with Gasteiger partial charge >= 0.3 is 5.97 Å². The van der Waals surface area contributed by atoms with Gasteiger partial charge in [-0.25, -0.2) is 17.9 Å². The number of carbonyl (C=O) groups is 1. The molecule has 1 aliphatic carbocycles. The summed E-state index contributed by atoms with van der Waals surface area (Å²) in [5.41, 5.74) is 2.57. The second kappa shape index (κ2) is 4.69. The van der Waals surface area contributed by atoms with Crippen molar-refractivity contribution < 1.29 is 23.1 Å². The Morgan fingerprint density at radius 3 is 2.70 bits per heavy atom.